The van der Waals surface area contributed by atoms with Crippen molar-refractivity contribution in [3.63, 3.8) is 0 Å². The van der Waals surface area contributed by atoms with Gasteiger partial charge in [0, 0.05) is 0 Å². The van der Waals surface area contributed by atoms with Crippen molar-refractivity contribution in [2.24, 2.45) is 0 Å². The molecule has 0 fully saturated rings. The van der Waals surface area contributed by atoms with E-state index in [2.05, 4.69) is 10.7 Å². The summed E-state index contributed by atoms with van der Waals surface area (Å²) in [5.74, 6) is 0.654. The zero-order chi connectivity index (χ0) is 11.5. The van der Waals surface area contributed by atoms with E-state index in [0.717, 1.165) is 5.69 Å². The van der Waals surface area contributed by atoms with E-state index in [1.165, 1.54) is 0 Å². The third kappa shape index (κ3) is 2.23. The number of nitrogens with one attached hydrogen (secondary N) is 2. The Bertz CT molecular complexity index is 448. The first-order chi connectivity index (χ1) is 7.70. The Balaban J connectivity index is 2.10. The SMILES string of the molecule is O=CNC1=CCN(c2ccc(Cl)c(Cl)c2)N1. The van der Waals surface area contributed by atoms with E-state index in [1.807, 2.05) is 17.2 Å². The molecule has 16 heavy (non-hydrogen) atoms. The summed E-state index contributed by atoms with van der Waals surface area (Å²) in [5, 5.41) is 5.40. The van der Waals surface area contributed by atoms with E-state index in [0.29, 0.717) is 28.8 Å². The van der Waals surface area contributed by atoms with Gasteiger partial charge in [0.1, 0.15) is 5.82 Å². The second-order valence-corrected chi connectivity index (χ2v) is 4.02. The Morgan fingerprint density at radius 3 is 2.88 bits per heavy atom. The molecule has 0 spiro atoms. The highest BCUT2D eigenvalue weighted by Crippen LogP contribution is 2.27. The van der Waals surface area contributed by atoms with Gasteiger partial charge in [-0.1, -0.05) is 23.2 Å². The van der Waals surface area contributed by atoms with Crippen LogP contribution in [0.4, 0.5) is 5.69 Å². The first kappa shape index (κ1) is 11.1. The maximum Gasteiger partial charge on any atom is 0.212 e. The fraction of sp³-hybridized carbons (Fsp3) is 0.100. The van der Waals surface area contributed by atoms with E-state index < -0.39 is 0 Å². The summed E-state index contributed by atoms with van der Waals surface area (Å²) in [4.78, 5) is 10.3. The quantitative estimate of drug-likeness (QED) is 0.814. The summed E-state index contributed by atoms with van der Waals surface area (Å²) in [5.41, 5.74) is 3.89. The van der Waals surface area contributed by atoms with Gasteiger partial charge < -0.3 is 5.32 Å². The summed E-state index contributed by atoms with van der Waals surface area (Å²) in [6.07, 6.45) is 2.48. The molecular weight excluding hydrogens is 249 g/mol. The molecule has 4 nitrogen and oxygen atoms in total. The van der Waals surface area contributed by atoms with Gasteiger partial charge in [-0.2, -0.15) is 0 Å². The number of hydrogen-bond donors (Lipinski definition) is 2. The molecule has 0 aromatic heterocycles. The predicted octanol–water partition coefficient (Wildman–Crippen LogP) is 1.91. The lowest BCUT2D eigenvalue weighted by molar-refractivity contribution is -0.109. The number of nitrogens with zero attached hydrogens (tertiary/aromatic N) is 1. The molecule has 1 aromatic carbocycles. The number of anilines is 1. The zero-order valence-corrected chi connectivity index (χ0v) is 9.72. The number of hydrazine groups is 1. The van der Waals surface area contributed by atoms with Crippen LogP contribution in [0.15, 0.2) is 30.1 Å². The topological polar surface area (TPSA) is 44.4 Å². The average Bonchev–Trinajstić information content (AvgIpc) is 2.71. The predicted molar refractivity (Wildman–Crippen MR) is 64.2 cm³/mol. The van der Waals surface area contributed by atoms with Gasteiger partial charge in [-0.3, -0.25) is 15.2 Å². The fourth-order valence-corrected chi connectivity index (χ4v) is 1.69. The van der Waals surface area contributed by atoms with E-state index in [4.69, 9.17) is 23.2 Å². The molecule has 1 aliphatic heterocycles. The third-order valence-corrected chi connectivity index (χ3v) is 2.90. The minimum Gasteiger partial charge on any atom is -0.314 e. The van der Waals surface area contributed by atoms with Gasteiger partial charge in [-0.05, 0) is 24.3 Å². The monoisotopic (exact) mass is 257 g/mol. The minimum absolute atomic E-state index is 0.498. The molecule has 84 valence electrons. The lowest BCUT2D eigenvalue weighted by Crippen LogP contribution is -2.35. The number of hydrogen-bond acceptors (Lipinski definition) is 3. The second kappa shape index (κ2) is 4.63. The van der Waals surface area contributed by atoms with Crippen LogP contribution >= 0.6 is 23.2 Å². The largest absolute Gasteiger partial charge is 0.314 e. The normalized spacial score (nSPS) is 14.4. The number of carbonyl (C=O) groups excluding carboxylic acids is 1. The molecule has 1 heterocycles. The molecule has 0 unspecified atom stereocenters. The first-order valence-corrected chi connectivity index (χ1v) is 5.36. The van der Waals surface area contributed by atoms with Crippen LogP contribution in [0.1, 0.15) is 0 Å². The lowest BCUT2D eigenvalue weighted by atomic mass is 10.3. The Morgan fingerprint density at radius 1 is 1.38 bits per heavy atom. The highest BCUT2D eigenvalue weighted by atomic mass is 35.5. The van der Waals surface area contributed by atoms with Crippen LogP contribution in [0.25, 0.3) is 0 Å². The number of amides is 1. The van der Waals surface area contributed by atoms with Crippen molar-refractivity contribution in [3.05, 3.63) is 40.1 Å². The van der Waals surface area contributed by atoms with Crippen molar-refractivity contribution in [2.75, 3.05) is 11.6 Å². The van der Waals surface area contributed by atoms with Crippen LogP contribution in [0.5, 0.6) is 0 Å². The molecule has 0 radical (unpaired) electrons. The molecule has 0 saturated heterocycles. The van der Waals surface area contributed by atoms with Crippen LogP contribution in [0.3, 0.4) is 0 Å². The maximum atomic E-state index is 10.3. The number of rotatable bonds is 3. The summed E-state index contributed by atoms with van der Waals surface area (Å²) in [6, 6.07) is 5.33. The first-order valence-electron chi connectivity index (χ1n) is 4.60. The molecule has 6 heteroatoms. The molecule has 0 bridgehead atoms. The van der Waals surface area contributed by atoms with Gasteiger partial charge in [-0.15, -0.1) is 0 Å². The smallest absolute Gasteiger partial charge is 0.212 e. The van der Waals surface area contributed by atoms with Crippen molar-refractivity contribution < 1.29 is 4.79 Å². The molecule has 2 N–H and O–H groups in total. The molecule has 1 aliphatic rings. The fourth-order valence-electron chi connectivity index (χ4n) is 1.40. The third-order valence-electron chi connectivity index (χ3n) is 2.16. The maximum absolute atomic E-state index is 10.3. The van der Waals surface area contributed by atoms with Gasteiger partial charge in [0.25, 0.3) is 0 Å². The molecule has 0 saturated carbocycles. The molecular formula is C10H9Cl2N3O. The van der Waals surface area contributed by atoms with Crippen molar-refractivity contribution >= 4 is 35.3 Å². The van der Waals surface area contributed by atoms with Crippen molar-refractivity contribution in [1.29, 1.82) is 0 Å². The standard InChI is InChI=1S/C10H9Cl2N3O/c11-8-2-1-7(5-9(8)12)15-4-3-10(14-15)13-6-16/h1-3,5-6,14H,4H2,(H,13,16). The molecule has 0 atom stereocenters. The van der Waals surface area contributed by atoms with Crippen molar-refractivity contribution in [2.45, 2.75) is 0 Å². The van der Waals surface area contributed by atoms with Gasteiger partial charge in [-0.25, -0.2) is 0 Å². The summed E-state index contributed by atoms with van der Waals surface area (Å²) >= 11 is 11.7. The summed E-state index contributed by atoms with van der Waals surface area (Å²) in [7, 11) is 0. The molecule has 2 rings (SSSR count). The van der Waals surface area contributed by atoms with Gasteiger partial charge in [0.05, 0.1) is 22.3 Å². The van der Waals surface area contributed by atoms with E-state index in [-0.39, 0.29) is 0 Å². The highest BCUT2D eigenvalue weighted by molar-refractivity contribution is 6.42. The zero-order valence-electron chi connectivity index (χ0n) is 8.21. The molecule has 1 aromatic rings. The van der Waals surface area contributed by atoms with Gasteiger partial charge in [0.15, 0.2) is 0 Å². The van der Waals surface area contributed by atoms with Gasteiger partial charge >= 0.3 is 0 Å². The van der Waals surface area contributed by atoms with Crippen LogP contribution in [-0.4, -0.2) is 13.0 Å². The highest BCUT2D eigenvalue weighted by Gasteiger charge is 2.13. The summed E-state index contributed by atoms with van der Waals surface area (Å²) in [6.45, 7) is 0.647. The number of halogens is 2. The van der Waals surface area contributed by atoms with Crippen LogP contribution in [0, 0.1) is 0 Å². The Hall–Kier alpha value is -1.39. The van der Waals surface area contributed by atoms with Gasteiger partial charge in [0.2, 0.25) is 6.41 Å². The minimum atomic E-state index is 0.498. The van der Waals surface area contributed by atoms with Crippen molar-refractivity contribution in [3.8, 4) is 0 Å². The summed E-state index contributed by atoms with van der Waals surface area (Å²) < 4.78 is 0. The van der Waals surface area contributed by atoms with Crippen LogP contribution in [-0.2, 0) is 4.79 Å². The van der Waals surface area contributed by atoms with Crippen molar-refractivity contribution in [1.82, 2.24) is 10.7 Å². The average molecular weight is 258 g/mol. The number of carbonyl (C=O) groups is 1. The Kier molecular flexibility index (Phi) is 3.22. The van der Waals surface area contributed by atoms with E-state index in [9.17, 15) is 4.79 Å². The lowest BCUT2D eigenvalue weighted by Gasteiger charge is -2.20. The van der Waals surface area contributed by atoms with E-state index >= 15 is 0 Å². The Morgan fingerprint density at radius 2 is 2.19 bits per heavy atom. The van der Waals surface area contributed by atoms with Crippen LogP contribution in [0.2, 0.25) is 10.0 Å². The molecule has 1 amide bonds. The van der Waals surface area contributed by atoms with E-state index in [1.54, 1.807) is 12.1 Å². The second-order valence-electron chi connectivity index (χ2n) is 3.20. The van der Waals surface area contributed by atoms with Crippen LogP contribution < -0.4 is 15.8 Å². The number of benzene rings is 1. The molecule has 0 aliphatic carbocycles. The Labute approximate surface area is 103 Å².